The molecule has 0 radical (unpaired) electrons. The summed E-state index contributed by atoms with van der Waals surface area (Å²) in [7, 11) is 0. The minimum absolute atomic E-state index is 0.00700. The van der Waals surface area contributed by atoms with Crippen molar-refractivity contribution in [1.29, 1.82) is 0 Å². The third-order valence-electron chi connectivity index (χ3n) is 2.69. The van der Waals surface area contributed by atoms with Gasteiger partial charge in [0, 0.05) is 9.84 Å². The van der Waals surface area contributed by atoms with Crippen LogP contribution in [0.5, 0.6) is 0 Å². The summed E-state index contributed by atoms with van der Waals surface area (Å²) in [5.41, 5.74) is 0. The maximum absolute atomic E-state index is 13.7. The molecule has 0 aromatic heterocycles. The quantitative estimate of drug-likeness (QED) is 0.451. The molecular weight excluding hydrogens is 317 g/mol. The molecule has 0 saturated heterocycles. The number of halogens is 3. The van der Waals surface area contributed by atoms with E-state index in [2.05, 4.69) is 4.74 Å². The lowest BCUT2D eigenvalue weighted by Gasteiger charge is -2.32. The van der Waals surface area contributed by atoms with Gasteiger partial charge in [0.25, 0.3) is 0 Å². The van der Waals surface area contributed by atoms with Gasteiger partial charge in [0.05, 0.1) is 6.61 Å². The molecule has 2 unspecified atom stereocenters. The van der Waals surface area contributed by atoms with Crippen molar-refractivity contribution >= 4 is 28.6 Å². The van der Waals surface area contributed by atoms with Gasteiger partial charge in [-0.05, 0) is 19.8 Å². The molecule has 0 aliphatic heterocycles. The van der Waals surface area contributed by atoms with Crippen molar-refractivity contribution in [3.63, 3.8) is 0 Å². The Morgan fingerprint density at radius 3 is 2.60 bits per heavy atom. The SMILES string of the molecule is CCOC(=O)C(F)(F)C1CCCCC1I. The van der Waals surface area contributed by atoms with Crippen molar-refractivity contribution in [1.82, 2.24) is 0 Å². The first-order chi connectivity index (χ1) is 7.00. The normalized spacial score (nSPS) is 27.5. The van der Waals surface area contributed by atoms with Crippen LogP contribution in [0.25, 0.3) is 0 Å². The van der Waals surface area contributed by atoms with Crippen molar-refractivity contribution in [2.75, 3.05) is 6.61 Å². The van der Waals surface area contributed by atoms with Crippen LogP contribution < -0.4 is 0 Å². The van der Waals surface area contributed by atoms with E-state index < -0.39 is 17.8 Å². The summed E-state index contributed by atoms with van der Waals surface area (Å²) in [5.74, 6) is -5.54. The van der Waals surface area contributed by atoms with Crippen LogP contribution in [-0.4, -0.2) is 22.4 Å². The summed E-state index contributed by atoms with van der Waals surface area (Å²) < 4.78 is 31.6. The van der Waals surface area contributed by atoms with Crippen LogP contribution in [0.4, 0.5) is 8.78 Å². The van der Waals surface area contributed by atoms with Gasteiger partial charge in [-0.15, -0.1) is 0 Å². The first-order valence-electron chi connectivity index (χ1n) is 5.19. The van der Waals surface area contributed by atoms with Crippen LogP contribution in [0.1, 0.15) is 32.6 Å². The fourth-order valence-corrected chi connectivity index (χ4v) is 3.12. The molecule has 2 atom stereocenters. The van der Waals surface area contributed by atoms with Crippen LogP contribution in [0.2, 0.25) is 0 Å². The molecule has 1 fully saturated rings. The smallest absolute Gasteiger partial charge is 0.377 e. The number of rotatable bonds is 3. The van der Waals surface area contributed by atoms with Crippen LogP contribution >= 0.6 is 22.6 Å². The molecule has 0 N–H and O–H groups in total. The van der Waals surface area contributed by atoms with Crippen molar-refractivity contribution in [2.45, 2.75) is 42.5 Å². The van der Waals surface area contributed by atoms with Crippen LogP contribution in [0, 0.1) is 5.92 Å². The van der Waals surface area contributed by atoms with E-state index in [1.165, 1.54) is 6.92 Å². The highest BCUT2D eigenvalue weighted by Gasteiger charge is 2.51. The minimum Gasteiger partial charge on any atom is -0.462 e. The van der Waals surface area contributed by atoms with E-state index in [1.807, 2.05) is 22.6 Å². The fourth-order valence-electron chi connectivity index (χ4n) is 1.87. The lowest BCUT2D eigenvalue weighted by Crippen LogP contribution is -2.44. The number of carbonyl (C=O) groups is 1. The summed E-state index contributed by atoms with van der Waals surface area (Å²) in [6.07, 6.45) is 2.93. The van der Waals surface area contributed by atoms with Gasteiger partial charge < -0.3 is 4.74 Å². The van der Waals surface area contributed by atoms with E-state index in [0.29, 0.717) is 6.42 Å². The predicted octanol–water partition coefficient (Wildman–Crippen LogP) is 3.18. The molecule has 0 amide bonds. The number of carbonyl (C=O) groups excluding carboxylic acids is 1. The molecule has 15 heavy (non-hydrogen) atoms. The maximum Gasteiger partial charge on any atom is 0.377 e. The zero-order valence-corrected chi connectivity index (χ0v) is 10.8. The number of ether oxygens (including phenoxy) is 1. The third kappa shape index (κ3) is 3.01. The maximum atomic E-state index is 13.7. The second-order valence-electron chi connectivity index (χ2n) is 3.75. The highest BCUT2D eigenvalue weighted by Crippen LogP contribution is 2.41. The Bertz CT molecular complexity index is 233. The monoisotopic (exact) mass is 332 g/mol. The van der Waals surface area contributed by atoms with Crippen molar-refractivity contribution in [3.8, 4) is 0 Å². The molecular formula is C10H15F2IO2. The molecule has 88 valence electrons. The topological polar surface area (TPSA) is 26.3 Å². The van der Waals surface area contributed by atoms with E-state index in [0.717, 1.165) is 19.3 Å². The molecule has 0 aromatic rings. The summed E-state index contributed by atoms with van der Waals surface area (Å²) in [6.45, 7) is 1.55. The fraction of sp³-hybridized carbons (Fsp3) is 0.900. The van der Waals surface area contributed by atoms with Gasteiger partial charge in [0.15, 0.2) is 0 Å². The van der Waals surface area contributed by atoms with E-state index in [4.69, 9.17) is 0 Å². The minimum atomic E-state index is -3.32. The largest absolute Gasteiger partial charge is 0.462 e. The lowest BCUT2D eigenvalue weighted by molar-refractivity contribution is -0.181. The Kier molecular flexibility index (Phi) is 4.73. The van der Waals surface area contributed by atoms with E-state index in [9.17, 15) is 13.6 Å². The molecule has 0 spiro atoms. The third-order valence-corrected chi connectivity index (χ3v) is 4.19. The van der Waals surface area contributed by atoms with Gasteiger partial charge >= 0.3 is 11.9 Å². The first kappa shape index (κ1) is 13.1. The van der Waals surface area contributed by atoms with E-state index in [1.54, 1.807) is 0 Å². The molecule has 0 bridgehead atoms. The number of esters is 1. The predicted molar refractivity (Wildman–Crippen MR) is 61.3 cm³/mol. The summed E-state index contributed by atoms with van der Waals surface area (Å²) in [4.78, 5) is 11.1. The molecule has 1 aliphatic carbocycles. The molecule has 5 heteroatoms. The second kappa shape index (κ2) is 5.41. The van der Waals surface area contributed by atoms with Crippen LogP contribution in [0.15, 0.2) is 0 Å². The molecule has 0 heterocycles. The first-order valence-corrected chi connectivity index (χ1v) is 6.43. The number of alkyl halides is 3. The molecule has 0 aromatic carbocycles. The highest BCUT2D eigenvalue weighted by molar-refractivity contribution is 14.1. The van der Waals surface area contributed by atoms with Gasteiger partial charge in [0.1, 0.15) is 0 Å². The van der Waals surface area contributed by atoms with Gasteiger partial charge in [0.2, 0.25) is 0 Å². The van der Waals surface area contributed by atoms with Gasteiger partial charge in [-0.1, -0.05) is 35.4 Å². The van der Waals surface area contributed by atoms with Crippen molar-refractivity contribution in [3.05, 3.63) is 0 Å². The average Bonchev–Trinajstić information content (AvgIpc) is 2.18. The van der Waals surface area contributed by atoms with Crippen molar-refractivity contribution < 1.29 is 18.3 Å². The van der Waals surface area contributed by atoms with Crippen LogP contribution in [0.3, 0.4) is 0 Å². The Labute approximate surface area is 102 Å². The Balaban J connectivity index is 2.69. The van der Waals surface area contributed by atoms with Gasteiger partial charge in [-0.25, -0.2) is 4.79 Å². The molecule has 1 rings (SSSR count). The summed E-state index contributed by atoms with van der Waals surface area (Å²) in [6, 6.07) is 0. The van der Waals surface area contributed by atoms with Gasteiger partial charge in [-0.3, -0.25) is 0 Å². The Morgan fingerprint density at radius 2 is 2.07 bits per heavy atom. The molecule has 1 saturated carbocycles. The highest BCUT2D eigenvalue weighted by atomic mass is 127. The second-order valence-corrected chi connectivity index (χ2v) is 5.35. The zero-order chi connectivity index (χ0) is 11.5. The van der Waals surface area contributed by atoms with Crippen molar-refractivity contribution in [2.24, 2.45) is 5.92 Å². The standard InChI is InChI=1S/C10H15F2IO2/c1-2-15-9(14)10(11,12)7-5-3-4-6-8(7)13/h7-8H,2-6H2,1H3. The number of hydrogen-bond donors (Lipinski definition) is 0. The van der Waals surface area contributed by atoms with Gasteiger partial charge in [-0.2, -0.15) is 8.78 Å². The van der Waals surface area contributed by atoms with Crippen LogP contribution in [-0.2, 0) is 9.53 Å². The molecule has 2 nitrogen and oxygen atoms in total. The van der Waals surface area contributed by atoms with E-state index >= 15 is 0 Å². The average molecular weight is 332 g/mol. The molecule has 1 aliphatic rings. The lowest BCUT2D eigenvalue weighted by atomic mass is 9.84. The Hall–Kier alpha value is 0.0600. The Morgan fingerprint density at radius 1 is 1.47 bits per heavy atom. The zero-order valence-electron chi connectivity index (χ0n) is 8.64. The summed E-state index contributed by atoms with van der Waals surface area (Å²) >= 11 is 2.02. The van der Waals surface area contributed by atoms with E-state index in [-0.39, 0.29) is 10.5 Å². The number of hydrogen-bond acceptors (Lipinski definition) is 2. The summed E-state index contributed by atoms with van der Waals surface area (Å²) in [5, 5.41) is 0.